The molecule has 0 saturated carbocycles. The van der Waals surface area contributed by atoms with Crippen LogP contribution in [0.25, 0.3) is 0 Å². The van der Waals surface area contributed by atoms with Gasteiger partial charge in [-0.15, -0.1) is 12.4 Å². The third-order valence-corrected chi connectivity index (χ3v) is 0.936. The summed E-state index contributed by atoms with van der Waals surface area (Å²) in [5.41, 5.74) is 0. The fraction of sp³-hybridized carbons (Fsp3) is 0.667. The molecule has 1 atom stereocenters. The van der Waals surface area contributed by atoms with Crippen LogP contribution in [0.3, 0.4) is 0 Å². The quantitative estimate of drug-likeness (QED) is 0.568. The van der Waals surface area contributed by atoms with E-state index >= 15 is 0 Å². The summed E-state index contributed by atoms with van der Waals surface area (Å²) >= 11 is 0. The lowest BCUT2D eigenvalue weighted by Gasteiger charge is -1.99. The summed E-state index contributed by atoms with van der Waals surface area (Å²) in [7, 11) is 1.95. The van der Waals surface area contributed by atoms with E-state index < -0.39 is 0 Å². The maximum absolute atomic E-state index is 3.08. The van der Waals surface area contributed by atoms with Gasteiger partial charge < -0.3 is 5.32 Å². The first-order chi connectivity index (χ1) is 3.31. The van der Waals surface area contributed by atoms with E-state index in [1.54, 1.807) is 0 Å². The number of hydrogen-bond donors (Lipinski definition) is 1. The minimum Gasteiger partial charge on any atom is -0.314 e. The number of hydrogen-bond acceptors (Lipinski definition) is 1. The highest BCUT2D eigenvalue weighted by Gasteiger charge is 1.83. The highest BCUT2D eigenvalue weighted by atomic mass is 35.5. The molecule has 0 aliphatic heterocycles. The van der Waals surface area contributed by atoms with Crippen molar-refractivity contribution in [2.45, 2.75) is 19.9 Å². The van der Waals surface area contributed by atoms with E-state index in [1.807, 2.05) is 20.0 Å². The molecule has 0 fully saturated rings. The van der Waals surface area contributed by atoms with Gasteiger partial charge in [0.05, 0.1) is 0 Å². The zero-order valence-electron chi connectivity index (χ0n) is 5.64. The average molecular weight is 136 g/mol. The molecule has 2 heteroatoms. The zero-order chi connectivity index (χ0) is 5.70. The van der Waals surface area contributed by atoms with E-state index in [2.05, 4.69) is 18.3 Å². The standard InChI is InChI=1S/C6H13N.ClH/c1-4-5-6(2)7-3;/h4-7H,1-3H3;1H. The van der Waals surface area contributed by atoms with Crippen LogP contribution in [-0.4, -0.2) is 13.1 Å². The summed E-state index contributed by atoms with van der Waals surface area (Å²) in [6.07, 6.45) is 4.15. The molecular formula is C6H14ClN. The Hall–Kier alpha value is -0.0100. The molecule has 0 heterocycles. The predicted molar refractivity (Wildman–Crippen MR) is 40.6 cm³/mol. The van der Waals surface area contributed by atoms with Crippen molar-refractivity contribution in [3.05, 3.63) is 12.2 Å². The predicted octanol–water partition coefficient (Wildman–Crippen LogP) is 1.59. The van der Waals surface area contributed by atoms with Crippen LogP contribution in [-0.2, 0) is 0 Å². The van der Waals surface area contributed by atoms with Gasteiger partial charge in [-0.2, -0.15) is 0 Å². The highest BCUT2D eigenvalue weighted by molar-refractivity contribution is 5.85. The lowest BCUT2D eigenvalue weighted by Crippen LogP contribution is -2.17. The van der Waals surface area contributed by atoms with Crippen LogP contribution in [0.4, 0.5) is 0 Å². The zero-order valence-corrected chi connectivity index (χ0v) is 6.46. The van der Waals surface area contributed by atoms with E-state index in [1.165, 1.54) is 0 Å². The molecule has 50 valence electrons. The molecule has 0 saturated heterocycles. The summed E-state index contributed by atoms with van der Waals surface area (Å²) in [5, 5.41) is 3.08. The van der Waals surface area contributed by atoms with Crippen molar-refractivity contribution in [3.8, 4) is 0 Å². The Morgan fingerprint density at radius 3 is 2.12 bits per heavy atom. The third kappa shape index (κ3) is 5.99. The summed E-state index contributed by atoms with van der Waals surface area (Å²) in [5.74, 6) is 0. The normalized spacial score (nSPS) is 13.4. The van der Waals surface area contributed by atoms with Gasteiger partial charge in [0.25, 0.3) is 0 Å². The minimum atomic E-state index is 0. The second kappa shape index (κ2) is 6.99. The second-order valence-electron chi connectivity index (χ2n) is 1.60. The number of allylic oxidation sites excluding steroid dienone is 1. The van der Waals surface area contributed by atoms with E-state index in [0.29, 0.717) is 6.04 Å². The summed E-state index contributed by atoms with van der Waals surface area (Å²) in [4.78, 5) is 0. The Balaban J connectivity index is 0. The third-order valence-electron chi connectivity index (χ3n) is 0.936. The number of halogens is 1. The van der Waals surface area contributed by atoms with Crippen molar-refractivity contribution in [2.75, 3.05) is 7.05 Å². The van der Waals surface area contributed by atoms with Crippen LogP contribution < -0.4 is 5.32 Å². The van der Waals surface area contributed by atoms with Crippen LogP contribution in [0, 0.1) is 0 Å². The van der Waals surface area contributed by atoms with Crippen molar-refractivity contribution in [3.63, 3.8) is 0 Å². The van der Waals surface area contributed by atoms with Crippen LogP contribution >= 0.6 is 12.4 Å². The molecule has 0 aromatic rings. The van der Waals surface area contributed by atoms with E-state index in [-0.39, 0.29) is 12.4 Å². The molecule has 1 unspecified atom stereocenters. The first kappa shape index (κ1) is 10.9. The van der Waals surface area contributed by atoms with Gasteiger partial charge in [-0.25, -0.2) is 0 Å². The van der Waals surface area contributed by atoms with E-state index in [9.17, 15) is 0 Å². The van der Waals surface area contributed by atoms with Gasteiger partial charge in [0, 0.05) is 6.04 Å². The van der Waals surface area contributed by atoms with Gasteiger partial charge in [-0.05, 0) is 20.9 Å². The number of nitrogens with one attached hydrogen (secondary N) is 1. The van der Waals surface area contributed by atoms with Gasteiger partial charge in [0.15, 0.2) is 0 Å². The molecule has 8 heavy (non-hydrogen) atoms. The molecule has 0 rings (SSSR count). The van der Waals surface area contributed by atoms with Crippen LogP contribution in [0.5, 0.6) is 0 Å². The Bertz CT molecular complexity index is 61.5. The minimum absolute atomic E-state index is 0. The summed E-state index contributed by atoms with van der Waals surface area (Å²) < 4.78 is 0. The van der Waals surface area contributed by atoms with Crippen molar-refractivity contribution in [1.29, 1.82) is 0 Å². The monoisotopic (exact) mass is 135 g/mol. The SMILES string of the molecule is CC=CC(C)NC.Cl. The smallest absolute Gasteiger partial charge is 0.0218 e. The molecule has 0 spiro atoms. The van der Waals surface area contributed by atoms with Crippen LogP contribution in [0.2, 0.25) is 0 Å². The van der Waals surface area contributed by atoms with Gasteiger partial charge in [0.1, 0.15) is 0 Å². The van der Waals surface area contributed by atoms with Gasteiger partial charge in [0.2, 0.25) is 0 Å². The lowest BCUT2D eigenvalue weighted by atomic mass is 10.3. The molecule has 0 amide bonds. The first-order valence-corrected chi connectivity index (χ1v) is 2.61. The molecule has 0 aromatic heterocycles. The second-order valence-corrected chi connectivity index (χ2v) is 1.60. The first-order valence-electron chi connectivity index (χ1n) is 2.61. The molecule has 0 bridgehead atoms. The Morgan fingerprint density at radius 1 is 1.50 bits per heavy atom. The number of likely N-dealkylation sites (N-methyl/N-ethyl adjacent to an activating group) is 1. The Kier molecular flexibility index (Phi) is 9.51. The number of rotatable bonds is 2. The van der Waals surface area contributed by atoms with Crippen LogP contribution in [0.1, 0.15) is 13.8 Å². The molecule has 1 N–H and O–H groups in total. The molecule has 0 aliphatic carbocycles. The lowest BCUT2D eigenvalue weighted by molar-refractivity contribution is 0.728. The topological polar surface area (TPSA) is 12.0 Å². The fourth-order valence-corrected chi connectivity index (χ4v) is 0.385. The molecular weight excluding hydrogens is 122 g/mol. The average Bonchev–Trinajstić information content (AvgIpc) is 1.68. The molecule has 1 nitrogen and oxygen atoms in total. The van der Waals surface area contributed by atoms with E-state index in [0.717, 1.165) is 0 Å². The maximum Gasteiger partial charge on any atom is 0.0218 e. The molecule has 0 aromatic carbocycles. The van der Waals surface area contributed by atoms with Gasteiger partial charge in [-0.1, -0.05) is 12.2 Å². The van der Waals surface area contributed by atoms with Gasteiger partial charge in [-0.3, -0.25) is 0 Å². The van der Waals surface area contributed by atoms with Crippen LogP contribution in [0.15, 0.2) is 12.2 Å². The summed E-state index contributed by atoms with van der Waals surface area (Å²) in [6, 6.07) is 0.519. The summed E-state index contributed by atoms with van der Waals surface area (Å²) in [6.45, 7) is 4.13. The maximum atomic E-state index is 3.08. The van der Waals surface area contributed by atoms with E-state index in [4.69, 9.17) is 0 Å². The van der Waals surface area contributed by atoms with Crippen molar-refractivity contribution in [1.82, 2.24) is 5.32 Å². The highest BCUT2D eigenvalue weighted by Crippen LogP contribution is 1.79. The Labute approximate surface area is 57.6 Å². The molecule has 0 radical (unpaired) electrons. The van der Waals surface area contributed by atoms with Crippen molar-refractivity contribution in [2.24, 2.45) is 0 Å². The molecule has 0 aliphatic rings. The fourth-order valence-electron chi connectivity index (χ4n) is 0.385. The van der Waals surface area contributed by atoms with Gasteiger partial charge >= 0.3 is 0 Å². The van der Waals surface area contributed by atoms with Crippen molar-refractivity contribution >= 4 is 12.4 Å². The van der Waals surface area contributed by atoms with Crippen molar-refractivity contribution < 1.29 is 0 Å². The Morgan fingerprint density at radius 2 is 2.00 bits per heavy atom. The largest absolute Gasteiger partial charge is 0.314 e.